The van der Waals surface area contributed by atoms with Crippen molar-refractivity contribution >= 4 is 11.9 Å². The fourth-order valence-electron chi connectivity index (χ4n) is 4.08. The Labute approximate surface area is 166 Å². The molecule has 0 spiro atoms. The summed E-state index contributed by atoms with van der Waals surface area (Å²) in [6.07, 6.45) is 4.58. The number of hydrogen-bond acceptors (Lipinski definition) is 4. The van der Waals surface area contributed by atoms with Gasteiger partial charge in [0.15, 0.2) is 11.5 Å². The van der Waals surface area contributed by atoms with Crippen molar-refractivity contribution in [3.8, 4) is 11.5 Å². The molecule has 7 nitrogen and oxygen atoms in total. The number of fused-ring (bicyclic) bond motifs is 1. The van der Waals surface area contributed by atoms with Gasteiger partial charge in [-0.1, -0.05) is 6.07 Å². The maximum atomic E-state index is 12.6. The van der Waals surface area contributed by atoms with E-state index in [-0.39, 0.29) is 11.9 Å². The minimum absolute atomic E-state index is 0.142. The third kappa shape index (κ3) is 4.34. The molecule has 2 fully saturated rings. The van der Waals surface area contributed by atoms with Gasteiger partial charge in [-0.15, -0.1) is 0 Å². The Morgan fingerprint density at radius 2 is 1.43 bits per heavy atom. The number of aryl methyl sites for hydroxylation is 1. The van der Waals surface area contributed by atoms with Crippen molar-refractivity contribution in [2.75, 3.05) is 52.5 Å². The Morgan fingerprint density at radius 3 is 2.18 bits per heavy atom. The fourth-order valence-corrected chi connectivity index (χ4v) is 4.08. The molecule has 4 rings (SSSR count). The number of carbonyl (C=O) groups excluding carboxylic acids is 2. The van der Waals surface area contributed by atoms with Crippen LogP contribution < -0.4 is 9.47 Å². The number of hydrogen-bond donors (Lipinski definition) is 0. The topological polar surface area (TPSA) is 62.3 Å². The first-order valence-corrected chi connectivity index (χ1v) is 10.4. The number of benzene rings is 1. The molecule has 3 heterocycles. The van der Waals surface area contributed by atoms with E-state index in [1.54, 1.807) is 0 Å². The molecule has 2 saturated heterocycles. The second-order valence-electron chi connectivity index (χ2n) is 7.68. The van der Waals surface area contributed by atoms with E-state index >= 15 is 0 Å². The van der Waals surface area contributed by atoms with Gasteiger partial charge in [-0.25, -0.2) is 4.79 Å². The van der Waals surface area contributed by atoms with Crippen LogP contribution >= 0.6 is 0 Å². The molecule has 0 radical (unpaired) electrons. The van der Waals surface area contributed by atoms with Gasteiger partial charge in [0.25, 0.3) is 0 Å². The second kappa shape index (κ2) is 8.71. The van der Waals surface area contributed by atoms with Crippen molar-refractivity contribution < 1.29 is 19.1 Å². The lowest BCUT2D eigenvalue weighted by Crippen LogP contribution is -2.54. The van der Waals surface area contributed by atoms with Crippen LogP contribution in [0.3, 0.4) is 0 Å². The van der Waals surface area contributed by atoms with E-state index in [0.29, 0.717) is 52.2 Å². The van der Waals surface area contributed by atoms with Gasteiger partial charge in [-0.2, -0.15) is 0 Å². The highest BCUT2D eigenvalue weighted by molar-refractivity contribution is 5.78. The van der Waals surface area contributed by atoms with Crippen molar-refractivity contribution in [3.05, 3.63) is 23.8 Å². The average Bonchev–Trinajstić information content (AvgIpc) is 2.77. The summed E-state index contributed by atoms with van der Waals surface area (Å²) in [6.45, 7) is 5.39. The minimum atomic E-state index is 0.142. The zero-order chi connectivity index (χ0) is 19.3. The van der Waals surface area contributed by atoms with Crippen molar-refractivity contribution in [3.63, 3.8) is 0 Å². The van der Waals surface area contributed by atoms with E-state index in [2.05, 4.69) is 0 Å². The first-order valence-electron chi connectivity index (χ1n) is 10.4. The number of urea groups is 1. The van der Waals surface area contributed by atoms with E-state index in [9.17, 15) is 9.59 Å². The molecule has 0 N–H and O–H groups in total. The molecule has 7 heteroatoms. The molecule has 0 atom stereocenters. The Morgan fingerprint density at radius 1 is 0.786 bits per heavy atom. The summed E-state index contributed by atoms with van der Waals surface area (Å²) in [5, 5.41) is 0. The molecule has 3 aliphatic rings. The predicted octanol–water partition coefficient (Wildman–Crippen LogP) is 2.14. The number of carbonyl (C=O) groups is 2. The highest BCUT2D eigenvalue weighted by atomic mass is 16.6. The number of likely N-dealkylation sites (tertiary alicyclic amines) is 1. The third-order valence-corrected chi connectivity index (χ3v) is 5.76. The second-order valence-corrected chi connectivity index (χ2v) is 7.68. The SMILES string of the molecule is O=C(CCc1ccc2c(c1)OCCO2)N1CCN(C(=O)N2CCCCC2)CC1. The highest BCUT2D eigenvalue weighted by Gasteiger charge is 2.27. The molecule has 1 aromatic rings. The molecular weight excluding hydrogens is 358 g/mol. The van der Waals surface area contributed by atoms with Crippen LogP contribution in [0.25, 0.3) is 0 Å². The fraction of sp³-hybridized carbons (Fsp3) is 0.619. The van der Waals surface area contributed by atoms with E-state index in [1.165, 1.54) is 6.42 Å². The van der Waals surface area contributed by atoms with Gasteiger partial charge in [0.05, 0.1) is 0 Å². The van der Waals surface area contributed by atoms with E-state index in [4.69, 9.17) is 9.47 Å². The molecule has 0 aromatic heterocycles. The van der Waals surface area contributed by atoms with Crippen LogP contribution in [0.1, 0.15) is 31.2 Å². The van der Waals surface area contributed by atoms with Gasteiger partial charge in [-0.3, -0.25) is 4.79 Å². The molecule has 0 bridgehead atoms. The standard InChI is InChI=1S/C21H29N3O4/c25-20(7-5-17-4-6-18-19(16-17)28-15-14-27-18)22-10-12-24(13-11-22)21(26)23-8-2-1-3-9-23/h4,6,16H,1-3,5,7-15H2. The van der Waals surface area contributed by atoms with E-state index < -0.39 is 0 Å². The summed E-state index contributed by atoms with van der Waals surface area (Å²) in [6, 6.07) is 6.02. The zero-order valence-corrected chi connectivity index (χ0v) is 16.4. The zero-order valence-electron chi connectivity index (χ0n) is 16.4. The molecule has 0 aliphatic carbocycles. The van der Waals surface area contributed by atoms with Crippen molar-refractivity contribution in [2.24, 2.45) is 0 Å². The molecule has 3 aliphatic heterocycles. The number of piperidine rings is 1. The Hall–Kier alpha value is -2.44. The van der Waals surface area contributed by atoms with Gasteiger partial charge in [-0.05, 0) is 43.4 Å². The monoisotopic (exact) mass is 387 g/mol. The van der Waals surface area contributed by atoms with Gasteiger partial charge in [0.2, 0.25) is 5.91 Å². The lowest BCUT2D eigenvalue weighted by molar-refractivity contribution is -0.132. The minimum Gasteiger partial charge on any atom is -0.486 e. The van der Waals surface area contributed by atoms with Gasteiger partial charge in [0.1, 0.15) is 13.2 Å². The van der Waals surface area contributed by atoms with Crippen molar-refractivity contribution in [2.45, 2.75) is 32.1 Å². The largest absolute Gasteiger partial charge is 0.486 e. The first kappa shape index (κ1) is 18.9. The number of nitrogens with zero attached hydrogens (tertiary/aromatic N) is 3. The van der Waals surface area contributed by atoms with Crippen LogP contribution in [-0.4, -0.2) is 79.1 Å². The quantitative estimate of drug-likeness (QED) is 0.797. The molecule has 3 amide bonds. The summed E-state index contributed by atoms with van der Waals surface area (Å²) in [7, 11) is 0. The summed E-state index contributed by atoms with van der Waals surface area (Å²) in [4.78, 5) is 30.9. The summed E-state index contributed by atoms with van der Waals surface area (Å²) in [5.41, 5.74) is 1.08. The number of piperazine rings is 1. The summed E-state index contributed by atoms with van der Waals surface area (Å²) >= 11 is 0. The molecule has 0 saturated carbocycles. The van der Waals surface area contributed by atoms with Gasteiger partial charge < -0.3 is 24.2 Å². The van der Waals surface area contributed by atoms with Crippen LogP contribution in [-0.2, 0) is 11.2 Å². The number of rotatable bonds is 3. The lowest BCUT2D eigenvalue weighted by atomic mass is 10.1. The summed E-state index contributed by atoms with van der Waals surface area (Å²) in [5.74, 6) is 1.69. The van der Waals surface area contributed by atoms with E-state index in [1.807, 2.05) is 32.9 Å². The average molecular weight is 387 g/mol. The highest BCUT2D eigenvalue weighted by Crippen LogP contribution is 2.31. The number of ether oxygens (including phenoxy) is 2. The molecule has 1 aromatic carbocycles. The van der Waals surface area contributed by atoms with Crippen LogP contribution in [0.5, 0.6) is 11.5 Å². The van der Waals surface area contributed by atoms with Crippen LogP contribution in [0.4, 0.5) is 4.79 Å². The normalized spacial score (nSPS) is 19.5. The Bertz CT molecular complexity index is 710. The van der Waals surface area contributed by atoms with Crippen LogP contribution in [0.2, 0.25) is 0 Å². The van der Waals surface area contributed by atoms with Crippen molar-refractivity contribution in [1.29, 1.82) is 0 Å². The van der Waals surface area contributed by atoms with Gasteiger partial charge >= 0.3 is 6.03 Å². The third-order valence-electron chi connectivity index (χ3n) is 5.76. The molecule has 0 unspecified atom stereocenters. The van der Waals surface area contributed by atoms with Crippen molar-refractivity contribution in [1.82, 2.24) is 14.7 Å². The summed E-state index contributed by atoms with van der Waals surface area (Å²) < 4.78 is 11.1. The van der Waals surface area contributed by atoms with Crippen LogP contribution in [0, 0.1) is 0 Å². The van der Waals surface area contributed by atoms with Gasteiger partial charge in [0, 0.05) is 45.7 Å². The lowest BCUT2D eigenvalue weighted by Gasteiger charge is -2.38. The Balaban J connectivity index is 1.23. The predicted molar refractivity (Wildman–Crippen MR) is 105 cm³/mol. The Kier molecular flexibility index (Phi) is 5.88. The van der Waals surface area contributed by atoms with Crippen LogP contribution in [0.15, 0.2) is 18.2 Å². The van der Waals surface area contributed by atoms with E-state index in [0.717, 1.165) is 43.0 Å². The molecule has 28 heavy (non-hydrogen) atoms. The molecule has 152 valence electrons. The molecular formula is C21H29N3O4. The smallest absolute Gasteiger partial charge is 0.320 e. The maximum Gasteiger partial charge on any atom is 0.320 e. The first-order chi connectivity index (χ1) is 13.7. The number of amides is 3. The maximum absolute atomic E-state index is 12.6.